The highest BCUT2D eigenvalue weighted by Crippen LogP contribution is 2.18. The van der Waals surface area contributed by atoms with E-state index in [0.29, 0.717) is 11.5 Å². The molecule has 15 heavy (non-hydrogen) atoms. The Hall–Kier alpha value is -1.46. The topological polar surface area (TPSA) is 50.9 Å². The van der Waals surface area contributed by atoms with Crippen molar-refractivity contribution >= 4 is 11.6 Å². The summed E-state index contributed by atoms with van der Waals surface area (Å²) >= 11 is 5.55. The highest BCUT2D eigenvalue weighted by molar-refractivity contribution is 6.30. The van der Waals surface area contributed by atoms with Crippen molar-refractivity contribution in [2.75, 3.05) is 0 Å². The van der Waals surface area contributed by atoms with Crippen molar-refractivity contribution in [3.05, 3.63) is 41.2 Å². The highest BCUT2D eigenvalue weighted by atomic mass is 35.5. The number of nitrogens with zero attached hydrogens (tertiary/aromatic N) is 3. The van der Waals surface area contributed by atoms with Gasteiger partial charge in [-0.1, -0.05) is 11.6 Å². The van der Waals surface area contributed by atoms with Gasteiger partial charge in [-0.3, -0.25) is 0 Å². The summed E-state index contributed by atoms with van der Waals surface area (Å²) in [5, 5.41) is 12.9. The molecule has 0 saturated heterocycles. The van der Waals surface area contributed by atoms with Gasteiger partial charge in [0.05, 0.1) is 10.7 Å². The van der Waals surface area contributed by atoms with Crippen LogP contribution in [-0.2, 0) is 6.61 Å². The quantitative estimate of drug-likeness (QED) is 0.847. The Balaban J connectivity index is 2.50. The van der Waals surface area contributed by atoms with E-state index >= 15 is 0 Å². The molecule has 1 aromatic carbocycles. The van der Waals surface area contributed by atoms with Gasteiger partial charge in [-0.2, -0.15) is 5.10 Å². The molecule has 4 nitrogen and oxygen atoms in total. The summed E-state index contributed by atoms with van der Waals surface area (Å²) in [6.45, 7) is -0.260. The van der Waals surface area contributed by atoms with E-state index in [1.165, 1.54) is 23.1 Å². The summed E-state index contributed by atoms with van der Waals surface area (Å²) in [5.41, 5.74) is 0.471. The van der Waals surface area contributed by atoms with Crippen LogP contribution in [0.2, 0.25) is 5.02 Å². The lowest BCUT2D eigenvalue weighted by Gasteiger charge is -2.04. The number of hydrogen-bond donors (Lipinski definition) is 1. The fourth-order valence-electron chi connectivity index (χ4n) is 1.21. The summed E-state index contributed by atoms with van der Waals surface area (Å²) in [6.07, 6.45) is 1.29. The molecule has 0 aliphatic rings. The zero-order valence-electron chi connectivity index (χ0n) is 7.56. The number of halogens is 2. The first-order chi connectivity index (χ1) is 7.22. The van der Waals surface area contributed by atoms with Crippen molar-refractivity contribution in [1.29, 1.82) is 0 Å². The molecule has 1 aromatic heterocycles. The summed E-state index contributed by atoms with van der Waals surface area (Å²) in [5.74, 6) is -0.190. The molecule has 1 N–H and O–H groups in total. The minimum absolute atomic E-state index is 0.0458. The molecular weight excluding hydrogens is 221 g/mol. The normalized spacial score (nSPS) is 10.6. The zero-order valence-corrected chi connectivity index (χ0v) is 8.32. The Labute approximate surface area is 89.9 Å². The van der Waals surface area contributed by atoms with Gasteiger partial charge in [0.25, 0.3) is 0 Å². The Bertz CT molecular complexity index is 486. The number of benzene rings is 1. The predicted octanol–water partition coefficient (Wildman–Crippen LogP) is 1.55. The second kappa shape index (κ2) is 3.96. The van der Waals surface area contributed by atoms with Gasteiger partial charge < -0.3 is 5.11 Å². The van der Waals surface area contributed by atoms with E-state index in [1.807, 2.05) is 0 Å². The minimum Gasteiger partial charge on any atom is -0.388 e. The van der Waals surface area contributed by atoms with Gasteiger partial charge in [-0.05, 0) is 12.1 Å². The standard InChI is InChI=1S/C9H7ClFN3O/c10-7-2-1-6(3-8(7)11)14-9(4-15)12-5-13-14/h1-3,5,15H,4H2. The van der Waals surface area contributed by atoms with Crippen LogP contribution in [0.5, 0.6) is 0 Å². The largest absolute Gasteiger partial charge is 0.388 e. The van der Waals surface area contributed by atoms with Crippen LogP contribution in [-0.4, -0.2) is 19.9 Å². The molecule has 2 rings (SSSR count). The summed E-state index contributed by atoms with van der Waals surface area (Å²) < 4.78 is 14.5. The van der Waals surface area contributed by atoms with Crippen LogP contribution in [0.25, 0.3) is 5.69 Å². The third kappa shape index (κ3) is 1.84. The van der Waals surface area contributed by atoms with Crippen LogP contribution in [0.15, 0.2) is 24.5 Å². The van der Waals surface area contributed by atoms with Crippen molar-refractivity contribution in [2.24, 2.45) is 0 Å². The fourth-order valence-corrected chi connectivity index (χ4v) is 1.32. The first-order valence-corrected chi connectivity index (χ1v) is 4.55. The average molecular weight is 228 g/mol. The van der Waals surface area contributed by atoms with Gasteiger partial charge in [-0.15, -0.1) is 0 Å². The van der Waals surface area contributed by atoms with E-state index in [0.717, 1.165) is 0 Å². The summed E-state index contributed by atoms with van der Waals surface area (Å²) in [7, 11) is 0. The predicted molar refractivity (Wildman–Crippen MR) is 52.2 cm³/mol. The molecular formula is C9H7ClFN3O. The van der Waals surface area contributed by atoms with Gasteiger partial charge in [0.1, 0.15) is 18.8 Å². The number of aliphatic hydroxyl groups excluding tert-OH is 1. The maximum absolute atomic E-state index is 13.2. The van der Waals surface area contributed by atoms with E-state index in [-0.39, 0.29) is 11.6 Å². The van der Waals surface area contributed by atoms with Crippen LogP contribution < -0.4 is 0 Å². The molecule has 1 heterocycles. The molecule has 78 valence electrons. The Kier molecular flexibility index (Phi) is 2.66. The van der Waals surface area contributed by atoms with Crippen molar-refractivity contribution in [3.63, 3.8) is 0 Å². The van der Waals surface area contributed by atoms with Gasteiger partial charge in [-0.25, -0.2) is 14.1 Å². The van der Waals surface area contributed by atoms with Crippen molar-refractivity contribution in [3.8, 4) is 5.69 Å². The number of rotatable bonds is 2. The smallest absolute Gasteiger partial charge is 0.157 e. The number of aliphatic hydroxyl groups is 1. The second-order valence-electron chi connectivity index (χ2n) is 2.84. The van der Waals surface area contributed by atoms with E-state index < -0.39 is 5.82 Å². The molecule has 0 bridgehead atoms. The van der Waals surface area contributed by atoms with Crippen molar-refractivity contribution < 1.29 is 9.50 Å². The zero-order chi connectivity index (χ0) is 10.8. The highest BCUT2D eigenvalue weighted by Gasteiger charge is 2.07. The first-order valence-electron chi connectivity index (χ1n) is 4.17. The Morgan fingerprint density at radius 1 is 1.47 bits per heavy atom. The van der Waals surface area contributed by atoms with E-state index in [4.69, 9.17) is 16.7 Å². The molecule has 0 spiro atoms. The molecule has 0 atom stereocenters. The van der Waals surface area contributed by atoms with Gasteiger partial charge >= 0.3 is 0 Å². The van der Waals surface area contributed by atoms with Crippen LogP contribution in [0.4, 0.5) is 4.39 Å². The van der Waals surface area contributed by atoms with Gasteiger partial charge in [0, 0.05) is 6.07 Å². The molecule has 0 aliphatic heterocycles. The number of hydrogen-bond acceptors (Lipinski definition) is 3. The minimum atomic E-state index is -0.534. The summed E-state index contributed by atoms with van der Waals surface area (Å²) in [6, 6.07) is 4.25. The lowest BCUT2D eigenvalue weighted by Crippen LogP contribution is -2.03. The van der Waals surface area contributed by atoms with Crippen LogP contribution in [0, 0.1) is 5.82 Å². The van der Waals surface area contributed by atoms with Crippen LogP contribution in [0.3, 0.4) is 0 Å². The summed E-state index contributed by atoms with van der Waals surface area (Å²) in [4.78, 5) is 3.81. The molecule has 0 saturated carbocycles. The molecule has 0 unspecified atom stereocenters. The van der Waals surface area contributed by atoms with Crippen LogP contribution in [0.1, 0.15) is 5.82 Å². The average Bonchev–Trinajstić information content (AvgIpc) is 2.70. The fraction of sp³-hybridized carbons (Fsp3) is 0.111. The molecule has 0 aliphatic carbocycles. The molecule has 6 heteroatoms. The Morgan fingerprint density at radius 3 is 2.93 bits per heavy atom. The van der Waals surface area contributed by atoms with Crippen molar-refractivity contribution in [1.82, 2.24) is 14.8 Å². The maximum atomic E-state index is 13.2. The SMILES string of the molecule is OCc1ncnn1-c1ccc(Cl)c(F)c1. The van der Waals surface area contributed by atoms with Crippen LogP contribution >= 0.6 is 11.6 Å². The molecule has 2 aromatic rings. The molecule has 0 amide bonds. The molecule has 0 radical (unpaired) electrons. The second-order valence-corrected chi connectivity index (χ2v) is 3.25. The number of aromatic nitrogens is 3. The monoisotopic (exact) mass is 227 g/mol. The first kappa shape index (κ1) is 10.1. The van der Waals surface area contributed by atoms with Gasteiger partial charge in [0.2, 0.25) is 0 Å². The van der Waals surface area contributed by atoms with E-state index in [2.05, 4.69) is 10.1 Å². The lowest BCUT2D eigenvalue weighted by molar-refractivity contribution is 0.268. The van der Waals surface area contributed by atoms with Gasteiger partial charge in [0.15, 0.2) is 5.82 Å². The van der Waals surface area contributed by atoms with Crippen molar-refractivity contribution in [2.45, 2.75) is 6.61 Å². The lowest BCUT2D eigenvalue weighted by atomic mass is 10.3. The molecule has 0 fully saturated rings. The maximum Gasteiger partial charge on any atom is 0.157 e. The third-order valence-corrected chi connectivity index (χ3v) is 2.21. The van der Waals surface area contributed by atoms with E-state index in [9.17, 15) is 4.39 Å². The Morgan fingerprint density at radius 2 is 2.27 bits per heavy atom. The third-order valence-electron chi connectivity index (χ3n) is 1.91. The van der Waals surface area contributed by atoms with E-state index in [1.54, 1.807) is 6.07 Å².